The van der Waals surface area contributed by atoms with Gasteiger partial charge in [-0.15, -0.1) is 0 Å². The normalized spacial score (nSPS) is 16.6. The topological polar surface area (TPSA) is 74.4 Å². The van der Waals surface area contributed by atoms with Crippen molar-refractivity contribution in [1.29, 1.82) is 0 Å². The third-order valence-corrected chi connectivity index (χ3v) is 4.80. The second kappa shape index (κ2) is 7.98. The molecule has 4 rings (SSSR count). The Balaban J connectivity index is 1.45. The van der Waals surface area contributed by atoms with Gasteiger partial charge in [-0.3, -0.25) is 9.67 Å². The summed E-state index contributed by atoms with van der Waals surface area (Å²) < 4.78 is 25.0. The lowest BCUT2D eigenvalue weighted by molar-refractivity contribution is 0.0969. The molecular formula is C19H21N3O4S. The van der Waals surface area contributed by atoms with Gasteiger partial charge < -0.3 is 18.6 Å². The number of aromatic amines is 1. The van der Waals surface area contributed by atoms with Gasteiger partial charge in [0.25, 0.3) is 0 Å². The number of rotatable bonds is 7. The molecule has 0 spiro atoms. The van der Waals surface area contributed by atoms with Crippen LogP contribution in [-0.4, -0.2) is 34.6 Å². The summed E-state index contributed by atoms with van der Waals surface area (Å²) in [6, 6.07) is 11.2. The predicted octanol–water partition coefficient (Wildman–Crippen LogP) is 3.97. The molecule has 27 heavy (non-hydrogen) atoms. The van der Waals surface area contributed by atoms with Gasteiger partial charge in [0.2, 0.25) is 0 Å². The Labute approximate surface area is 161 Å². The number of furan rings is 1. The lowest BCUT2D eigenvalue weighted by Gasteiger charge is -2.11. The zero-order chi connectivity index (χ0) is 18.6. The third-order valence-electron chi connectivity index (χ3n) is 4.49. The maximum Gasteiger partial charge on any atom is 0.198 e. The Bertz CT molecular complexity index is 939. The highest BCUT2D eigenvalue weighted by Crippen LogP contribution is 2.24. The Morgan fingerprint density at radius 1 is 1.22 bits per heavy atom. The lowest BCUT2D eigenvalue weighted by atomic mass is 10.2. The lowest BCUT2D eigenvalue weighted by Crippen LogP contribution is -2.15. The standard InChI is InChI=1S/C19H21N3O4S/c1-23-13-4-6-14(7-5-13)25-12-16-8-9-17(26-16)18-20-21-19(27)22(18)11-15-3-2-10-24-15/h4-9,15H,2-3,10-12H2,1H3,(H,21,27)/t15-/m1/s1. The van der Waals surface area contributed by atoms with E-state index in [9.17, 15) is 0 Å². The van der Waals surface area contributed by atoms with E-state index in [-0.39, 0.29) is 6.10 Å². The van der Waals surface area contributed by atoms with Gasteiger partial charge in [0.1, 0.15) is 23.9 Å². The van der Waals surface area contributed by atoms with Gasteiger partial charge in [-0.25, -0.2) is 0 Å². The molecule has 1 aromatic carbocycles. The average Bonchev–Trinajstić information content (AvgIpc) is 3.44. The summed E-state index contributed by atoms with van der Waals surface area (Å²) in [4.78, 5) is 0. The van der Waals surface area contributed by atoms with Crippen molar-refractivity contribution < 1.29 is 18.6 Å². The van der Waals surface area contributed by atoms with Crippen molar-refractivity contribution in [3.63, 3.8) is 0 Å². The Morgan fingerprint density at radius 2 is 2.04 bits per heavy atom. The molecular weight excluding hydrogens is 366 g/mol. The van der Waals surface area contributed by atoms with Gasteiger partial charge in [0.05, 0.1) is 19.8 Å². The largest absolute Gasteiger partial charge is 0.497 e. The molecule has 142 valence electrons. The third kappa shape index (κ3) is 4.06. The fourth-order valence-corrected chi connectivity index (χ4v) is 3.28. The van der Waals surface area contributed by atoms with Gasteiger partial charge in [0, 0.05) is 6.61 Å². The van der Waals surface area contributed by atoms with Crippen molar-refractivity contribution in [2.75, 3.05) is 13.7 Å². The number of methoxy groups -OCH3 is 1. The van der Waals surface area contributed by atoms with Crippen LogP contribution in [-0.2, 0) is 17.9 Å². The van der Waals surface area contributed by atoms with Crippen molar-refractivity contribution in [3.8, 4) is 23.1 Å². The van der Waals surface area contributed by atoms with E-state index >= 15 is 0 Å². The number of H-pyrrole nitrogens is 1. The van der Waals surface area contributed by atoms with E-state index in [4.69, 9.17) is 30.8 Å². The van der Waals surface area contributed by atoms with E-state index in [0.29, 0.717) is 35.3 Å². The maximum absolute atomic E-state index is 5.91. The first-order valence-electron chi connectivity index (χ1n) is 8.85. The maximum atomic E-state index is 5.91. The van der Waals surface area contributed by atoms with Crippen LogP contribution in [0.4, 0.5) is 0 Å². The van der Waals surface area contributed by atoms with Gasteiger partial charge in [-0.2, -0.15) is 5.10 Å². The second-order valence-electron chi connectivity index (χ2n) is 6.33. The molecule has 0 radical (unpaired) electrons. The molecule has 1 fully saturated rings. The highest BCUT2D eigenvalue weighted by atomic mass is 32.1. The first kappa shape index (κ1) is 17.8. The van der Waals surface area contributed by atoms with Crippen LogP contribution < -0.4 is 9.47 Å². The molecule has 0 bridgehead atoms. The number of aromatic nitrogens is 3. The van der Waals surface area contributed by atoms with Crippen LogP contribution in [0, 0.1) is 4.77 Å². The zero-order valence-electron chi connectivity index (χ0n) is 15.0. The van der Waals surface area contributed by atoms with Crippen LogP contribution in [0.2, 0.25) is 0 Å². The number of ether oxygens (including phenoxy) is 3. The molecule has 1 aliphatic heterocycles. The van der Waals surface area contributed by atoms with E-state index in [2.05, 4.69) is 10.2 Å². The minimum absolute atomic E-state index is 0.167. The average molecular weight is 387 g/mol. The summed E-state index contributed by atoms with van der Waals surface area (Å²) in [6.07, 6.45) is 2.28. The van der Waals surface area contributed by atoms with Crippen molar-refractivity contribution in [3.05, 3.63) is 46.9 Å². The fraction of sp³-hybridized carbons (Fsp3) is 0.368. The molecule has 3 heterocycles. The summed E-state index contributed by atoms with van der Waals surface area (Å²) in [5, 5.41) is 7.17. The monoisotopic (exact) mass is 387 g/mol. The molecule has 1 saturated heterocycles. The molecule has 1 aliphatic rings. The number of benzene rings is 1. The highest BCUT2D eigenvalue weighted by Gasteiger charge is 2.20. The van der Waals surface area contributed by atoms with Crippen molar-refractivity contribution >= 4 is 12.2 Å². The van der Waals surface area contributed by atoms with Crippen LogP contribution in [0.5, 0.6) is 11.5 Å². The minimum Gasteiger partial charge on any atom is -0.497 e. The Kier molecular flexibility index (Phi) is 5.26. The van der Waals surface area contributed by atoms with Crippen LogP contribution in [0.1, 0.15) is 18.6 Å². The molecule has 1 atom stereocenters. The smallest absolute Gasteiger partial charge is 0.198 e. The van der Waals surface area contributed by atoms with Gasteiger partial charge >= 0.3 is 0 Å². The molecule has 0 unspecified atom stereocenters. The molecule has 1 N–H and O–H groups in total. The number of nitrogens with zero attached hydrogens (tertiary/aromatic N) is 2. The molecule has 2 aromatic heterocycles. The molecule has 0 aliphatic carbocycles. The quantitative estimate of drug-likeness (QED) is 0.619. The molecule has 3 aromatic rings. The molecule has 0 saturated carbocycles. The molecule has 8 heteroatoms. The van der Waals surface area contributed by atoms with E-state index in [1.807, 2.05) is 41.0 Å². The summed E-state index contributed by atoms with van der Waals surface area (Å²) in [5.41, 5.74) is 0. The second-order valence-corrected chi connectivity index (χ2v) is 6.71. The van der Waals surface area contributed by atoms with Crippen molar-refractivity contribution in [2.24, 2.45) is 0 Å². The van der Waals surface area contributed by atoms with Crippen molar-refractivity contribution in [1.82, 2.24) is 14.8 Å². The van der Waals surface area contributed by atoms with Crippen LogP contribution >= 0.6 is 12.2 Å². The van der Waals surface area contributed by atoms with E-state index in [1.165, 1.54) is 0 Å². The van der Waals surface area contributed by atoms with E-state index < -0.39 is 0 Å². The summed E-state index contributed by atoms with van der Waals surface area (Å²) in [5.74, 6) is 3.56. The summed E-state index contributed by atoms with van der Waals surface area (Å²) in [7, 11) is 1.63. The van der Waals surface area contributed by atoms with Gasteiger partial charge in [0.15, 0.2) is 16.4 Å². The SMILES string of the molecule is COc1ccc(OCc2ccc(-c3n[nH]c(=S)n3C[C@H]3CCCO3)o2)cc1. The zero-order valence-corrected chi connectivity index (χ0v) is 15.8. The number of hydrogen-bond acceptors (Lipinski definition) is 6. The predicted molar refractivity (Wildman–Crippen MR) is 101 cm³/mol. The number of nitrogens with one attached hydrogen (secondary N) is 1. The molecule has 0 amide bonds. The Hall–Kier alpha value is -2.58. The first-order valence-corrected chi connectivity index (χ1v) is 9.26. The van der Waals surface area contributed by atoms with Gasteiger partial charge in [-0.1, -0.05) is 0 Å². The summed E-state index contributed by atoms with van der Waals surface area (Å²) in [6.45, 7) is 1.80. The summed E-state index contributed by atoms with van der Waals surface area (Å²) >= 11 is 5.36. The molecule has 7 nitrogen and oxygen atoms in total. The Morgan fingerprint density at radius 3 is 2.78 bits per heavy atom. The van der Waals surface area contributed by atoms with E-state index in [1.54, 1.807) is 7.11 Å². The fourth-order valence-electron chi connectivity index (χ4n) is 3.07. The highest BCUT2D eigenvalue weighted by molar-refractivity contribution is 7.71. The van der Waals surface area contributed by atoms with Crippen molar-refractivity contribution in [2.45, 2.75) is 32.1 Å². The van der Waals surface area contributed by atoms with E-state index in [0.717, 1.165) is 30.9 Å². The first-order chi connectivity index (χ1) is 13.2. The van der Waals surface area contributed by atoms with Crippen LogP contribution in [0.25, 0.3) is 11.6 Å². The van der Waals surface area contributed by atoms with Crippen LogP contribution in [0.15, 0.2) is 40.8 Å². The van der Waals surface area contributed by atoms with Gasteiger partial charge in [-0.05, 0) is 61.5 Å². The number of hydrogen-bond donors (Lipinski definition) is 1. The minimum atomic E-state index is 0.167. The van der Waals surface area contributed by atoms with Crippen LogP contribution in [0.3, 0.4) is 0 Å².